The van der Waals surface area contributed by atoms with Gasteiger partial charge in [-0.15, -0.1) is 0 Å². The summed E-state index contributed by atoms with van der Waals surface area (Å²) in [6.07, 6.45) is 3.73. The number of fused-ring (bicyclic) bond motifs is 1. The lowest BCUT2D eigenvalue weighted by molar-refractivity contribution is -0.137. The monoisotopic (exact) mass is 439 g/mol. The summed E-state index contributed by atoms with van der Waals surface area (Å²) in [6, 6.07) is 8.61. The molecule has 9 heteroatoms. The first-order valence-corrected chi connectivity index (χ1v) is 10.3. The Morgan fingerprint density at radius 3 is 2.72 bits per heavy atom. The molecule has 1 amide bonds. The summed E-state index contributed by atoms with van der Waals surface area (Å²) in [5.74, 6) is 0.0913. The van der Waals surface area contributed by atoms with Gasteiger partial charge >= 0.3 is 5.97 Å². The van der Waals surface area contributed by atoms with Gasteiger partial charge in [0.15, 0.2) is 18.1 Å². The molecule has 0 aliphatic carbocycles. The minimum absolute atomic E-state index is 0.0502. The second-order valence-corrected chi connectivity index (χ2v) is 7.38. The maximum Gasteiger partial charge on any atom is 0.338 e. The van der Waals surface area contributed by atoms with Gasteiger partial charge in [0, 0.05) is 25.5 Å². The Balaban J connectivity index is 1.37. The molecule has 2 aromatic heterocycles. The molecule has 0 saturated carbocycles. The minimum Gasteiger partial charge on any atom is -0.493 e. The number of carbonyl (C=O) groups is 2. The SMILES string of the molecule is COc1cc(C(=O)OCc2cn3cccc(C)c3n2)ccc1OCC(=O)N1CCOCC1. The van der Waals surface area contributed by atoms with Crippen molar-refractivity contribution in [1.82, 2.24) is 14.3 Å². The van der Waals surface area contributed by atoms with E-state index in [2.05, 4.69) is 4.98 Å². The van der Waals surface area contributed by atoms with E-state index in [1.54, 1.807) is 17.0 Å². The van der Waals surface area contributed by atoms with Crippen molar-refractivity contribution in [1.29, 1.82) is 0 Å². The number of pyridine rings is 1. The highest BCUT2D eigenvalue weighted by molar-refractivity contribution is 5.90. The molecule has 32 heavy (non-hydrogen) atoms. The largest absolute Gasteiger partial charge is 0.493 e. The number of hydrogen-bond acceptors (Lipinski definition) is 7. The van der Waals surface area contributed by atoms with E-state index < -0.39 is 5.97 Å². The van der Waals surface area contributed by atoms with Crippen LogP contribution in [0.5, 0.6) is 11.5 Å². The third-order valence-electron chi connectivity index (χ3n) is 5.19. The zero-order valence-electron chi connectivity index (χ0n) is 18.1. The van der Waals surface area contributed by atoms with Gasteiger partial charge in [-0.1, -0.05) is 6.07 Å². The van der Waals surface area contributed by atoms with Crippen molar-refractivity contribution in [2.45, 2.75) is 13.5 Å². The molecule has 1 fully saturated rings. The summed E-state index contributed by atoms with van der Waals surface area (Å²) in [6.45, 7) is 4.07. The van der Waals surface area contributed by atoms with Crippen molar-refractivity contribution in [3.63, 3.8) is 0 Å². The second kappa shape index (κ2) is 9.69. The topological polar surface area (TPSA) is 91.6 Å². The quantitative estimate of drug-likeness (QED) is 0.522. The smallest absolute Gasteiger partial charge is 0.338 e. The Morgan fingerprint density at radius 2 is 1.97 bits per heavy atom. The Morgan fingerprint density at radius 1 is 1.16 bits per heavy atom. The fraction of sp³-hybridized carbons (Fsp3) is 0.348. The number of aryl methyl sites for hydroxylation is 1. The number of methoxy groups -OCH3 is 1. The molecule has 1 saturated heterocycles. The van der Waals surface area contributed by atoms with E-state index >= 15 is 0 Å². The van der Waals surface area contributed by atoms with Crippen molar-refractivity contribution >= 4 is 17.5 Å². The summed E-state index contributed by atoms with van der Waals surface area (Å²) in [5, 5.41) is 0. The number of esters is 1. The zero-order valence-corrected chi connectivity index (χ0v) is 18.1. The van der Waals surface area contributed by atoms with Crippen LogP contribution in [-0.4, -0.2) is 66.2 Å². The molecule has 3 aromatic rings. The van der Waals surface area contributed by atoms with Crippen LogP contribution in [0.15, 0.2) is 42.7 Å². The third-order valence-corrected chi connectivity index (χ3v) is 5.19. The van der Waals surface area contributed by atoms with Crippen LogP contribution in [0.4, 0.5) is 0 Å². The van der Waals surface area contributed by atoms with E-state index in [9.17, 15) is 9.59 Å². The maximum absolute atomic E-state index is 12.5. The molecule has 0 radical (unpaired) electrons. The highest BCUT2D eigenvalue weighted by Crippen LogP contribution is 2.28. The van der Waals surface area contributed by atoms with Crippen molar-refractivity contribution in [2.24, 2.45) is 0 Å². The highest BCUT2D eigenvalue weighted by Gasteiger charge is 2.19. The Hall–Kier alpha value is -3.59. The van der Waals surface area contributed by atoms with E-state index in [-0.39, 0.29) is 19.1 Å². The number of amides is 1. The van der Waals surface area contributed by atoms with Gasteiger partial charge in [-0.05, 0) is 36.8 Å². The van der Waals surface area contributed by atoms with Crippen LogP contribution in [0.3, 0.4) is 0 Å². The number of nitrogens with zero attached hydrogens (tertiary/aromatic N) is 3. The van der Waals surface area contributed by atoms with Gasteiger partial charge in [0.1, 0.15) is 12.3 Å². The molecule has 0 atom stereocenters. The molecular weight excluding hydrogens is 414 g/mol. The van der Waals surface area contributed by atoms with Gasteiger partial charge in [0.2, 0.25) is 0 Å². The molecule has 0 unspecified atom stereocenters. The number of carbonyl (C=O) groups excluding carboxylic acids is 2. The number of benzene rings is 1. The lowest BCUT2D eigenvalue weighted by Crippen LogP contribution is -2.43. The van der Waals surface area contributed by atoms with Gasteiger partial charge in [-0.2, -0.15) is 0 Å². The minimum atomic E-state index is -0.506. The molecular formula is C23H25N3O6. The number of aromatic nitrogens is 2. The van der Waals surface area contributed by atoms with Crippen LogP contribution in [0.25, 0.3) is 5.65 Å². The summed E-state index contributed by atoms with van der Waals surface area (Å²) in [5.41, 5.74) is 2.83. The van der Waals surface area contributed by atoms with Gasteiger partial charge in [0.05, 0.1) is 31.6 Å². The van der Waals surface area contributed by atoms with E-state index in [0.29, 0.717) is 49.1 Å². The molecule has 0 bridgehead atoms. The molecule has 168 valence electrons. The lowest BCUT2D eigenvalue weighted by Gasteiger charge is -2.26. The van der Waals surface area contributed by atoms with Gasteiger partial charge in [-0.25, -0.2) is 9.78 Å². The normalized spacial score (nSPS) is 13.8. The van der Waals surface area contributed by atoms with Crippen LogP contribution in [-0.2, 0) is 20.9 Å². The number of ether oxygens (including phenoxy) is 4. The van der Waals surface area contributed by atoms with E-state index in [1.165, 1.54) is 13.2 Å². The summed E-state index contributed by atoms with van der Waals surface area (Å²) in [4.78, 5) is 31.0. The van der Waals surface area contributed by atoms with E-state index in [4.69, 9.17) is 18.9 Å². The first kappa shape index (κ1) is 21.6. The van der Waals surface area contributed by atoms with Crippen LogP contribution < -0.4 is 9.47 Å². The fourth-order valence-corrected chi connectivity index (χ4v) is 3.45. The number of morpholine rings is 1. The second-order valence-electron chi connectivity index (χ2n) is 7.38. The van der Waals surface area contributed by atoms with Crippen LogP contribution >= 0.6 is 0 Å². The summed E-state index contributed by atoms with van der Waals surface area (Å²) in [7, 11) is 1.47. The fourth-order valence-electron chi connectivity index (χ4n) is 3.45. The zero-order chi connectivity index (χ0) is 22.5. The first-order valence-electron chi connectivity index (χ1n) is 10.3. The van der Waals surface area contributed by atoms with E-state index in [1.807, 2.05) is 35.9 Å². The molecule has 0 spiro atoms. The molecule has 1 aromatic carbocycles. The maximum atomic E-state index is 12.5. The molecule has 1 aliphatic rings. The molecule has 1 aliphatic heterocycles. The van der Waals surface area contributed by atoms with E-state index in [0.717, 1.165) is 11.2 Å². The highest BCUT2D eigenvalue weighted by atomic mass is 16.5. The Bertz CT molecular complexity index is 1120. The average molecular weight is 439 g/mol. The van der Waals surface area contributed by atoms with Gasteiger partial charge in [0.25, 0.3) is 5.91 Å². The van der Waals surface area contributed by atoms with Crippen molar-refractivity contribution in [2.75, 3.05) is 40.0 Å². The van der Waals surface area contributed by atoms with Crippen LogP contribution in [0, 0.1) is 6.92 Å². The Labute approximate surface area is 185 Å². The predicted octanol–water partition coefficient (Wildman–Crippen LogP) is 2.25. The van der Waals surface area contributed by atoms with Crippen molar-refractivity contribution in [3.05, 3.63) is 59.5 Å². The third kappa shape index (κ3) is 4.83. The molecule has 4 rings (SSSR count). The summed E-state index contributed by atoms with van der Waals surface area (Å²) < 4.78 is 23.5. The first-order chi connectivity index (χ1) is 15.5. The predicted molar refractivity (Wildman–Crippen MR) is 115 cm³/mol. The number of rotatable bonds is 7. The summed E-state index contributed by atoms with van der Waals surface area (Å²) >= 11 is 0. The molecule has 9 nitrogen and oxygen atoms in total. The van der Waals surface area contributed by atoms with Gasteiger partial charge < -0.3 is 28.2 Å². The van der Waals surface area contributed by atoms with Crippen molar-refractivity contribution < 1.29 is 28.5 Å². The van der Waals surface area contributed by atoms with Crippen molar-refractivity contribution in [3.8, 4) is 11.5 Å². The van der Waals surface area contributed by atoms with Gasteiger partial charge in [-0.3, -0.25) is 4.79 Å². The number of hydrogen-bond donors (Lipinski definition) is 0. The average Bonchev–Trinajstić information content (AvgIpc) is 3.26. The standard InChI is InChI=1S/C23H25N3O6/c1-16-4-3-7-26-13-18(24-22(16)26)14-32-23(28)17-5-6-19(20(12-17)29-2)31-15-21(27)25-8-10-30-11-9-25/h3-7,12-13H,8-11,14-15H2,1-2H3. The molecule has 3 heterocycles. The Kier molecular flexibility index (Phi) is 6.55. The lowest BCUT2D eigenvalue weighted by atomic mass is 10.2. The number of imidazole rings is 1. The molecule has 0 N–H and O–H groups in total. The van der Waals surface area contributed by atoms with Crippen LogP contribution in [0.1, 0.15) is 21.6 Å². The van der Waals surface area contributed by atoms with Crippen LogP contribution in [0.2, 0.25) is 0 Å².